The molecule has 2 heterocycles. The lowest BCUT2D eigenvalue weighted by Gasteiger charge is -2.19. The second-order valence-electron chi connectivity index (χ2n) is 3.92. The monoisotopic (exact) mass is 154 g/mol. The second kappa shape index (κ2) is 3.11. The average Bonchev–Trinajstić information content (AvgIpc) is 2.38. The molecular weight excluding hydrogens is 136 g/mol. The standard InChI is InChI=1S/C9H18N2/c1-10-6-4-9-3-2-5-11(9)8-7-10/h9H,2-8H2,1H3. The Morgan fingerprint density at radius 2 is 1.91 bits per heavy atom. The van der Waals surface area contributed by atoms with E-state index in [4.69, 9.17) is 0 Å². The zero-order valence-corrected chi connectivity index (χ0v) is 7.42. The molecule has 64 valence electrons. The van der Waals surface area contributed by atoms with E-state index in [-0.39, 0.29) is 0 Å². The van der Waals surface area contributed by atoms with Gasteiger partial charge in [0, 0.05) is 19.1 Å². The van der Waals surface area contributed by atoms with Gasteiger partial charge in [0.05, 0.1) is 0 Å². The maximum Gasteiger partial charge on any atom is 0.0112 e. The highest BCUT2D eigenvalue weighted by Gasteiger charge is 2.26. The normalized spacial score (nSPS) is 35.2. The molecule has 0 amide bonds. The van der Waals surface area contributed by atoms with Crippen LogP contribution in [0.3, 0.4) is 0 Å². The number of likely N-dealkylation sites (N-methyl/N-ethyl adjacent to an activating group) is 1. The predicted molar refractivity (Wildman–Crippen MR) is 46.7 cm³/mol. The summed E-state index contributed by atoms with van der Waals surface area (Å²) in [5, 5.41) is 0. The van der Waals surface area contributed by atoms with Gasteiger partial charge in [0.2, 0.25) is 0 Å². The van der Waals surface area contributed by atoms with E-state index in [1.54, 1.807) is 0 Å². The van der Waals surface area contributed by atoms with Crippen LogP contribution in [0, 0.1) is 0 Å². The van der Waals surface area contributed by atoms with Crippen molar-refractivity contribution in [3.8, 4) is 0 Å². The molecule has 2 rings (SSSR count). The van der Waals surface area contributed by atoms with E-state index in [2.05, 4.69) is 16.8 Å². The molecule has 1 atom stereocenters. The van der Waals surface area contributed by atoms with E-state index in [1.165, 1.54) is 45.4 Å². The van der Waals surface area contributed by atoms with Gasteiger partial charge >= 0.3 is 0 Å². The molecule has 11 heavy (non-hydrogen) atoms. The number of rotatable bonds is 0. The van der Waals surface area contributed by atoms with E-state index < -0.39 is 0 Å². The van der Waals surface area contributed by atoms with Gasteiger partial charge in [0.25, 0.3) is 0 Å². The summed E-state index contributed by atoms with van der Waals surface area (Å²) in [7, 11) is 2.24. The van der Waals surface area contributed by atoms with Crippen LogP contribution in [0.25, 0.3) is 0 Å². The fourth-order valence-corrected chi connectivity index (χ4v) is 2.30. The molecule has 0 aromatic carbocycles. The van der Waals surface area contributed by atoms with Crippen LogP contribution in [-0.2, 0) is 0 Å². The Morgan fingerprint density at radius 3 is 2.82 bits per heavy atom. The van der Waals surface area contributed by atoms with Gasteiger partial charge in [-0.1, -0.05) is 0 Å². The summed E-state index contributed by atoms with van der Waals surface area (Å²) in [6, 6.07) is 0.931. The average molecular weight is 154 g/mol. The van der Waals surface area contributed by atoms with Crippen LogP contribution in [0.1, 0.15) is 19.3 Å². The Labute approximate surface area is 69.2 Å². The maximum absolute atomic E-state index is 2.67. The van der Waals surface area contributed by atoms with E-state index in [9.17, 15) is 0 Å². The van der Waals surface area contributed by atoms with Crippen molar-refractivity contribution in [3.05, 3.63) is 0 Å². The van der Waals surface area contributed by atoms with E-state index >= 15 is 0 Å². The lowest BCUT2D eigenvalue weighted by Crippen LogP contribution is -2.30. The Balaban J connectivity index is 1.95. The van der Waals surface area contributed by atoms with E-state index in [0.717, 1.165) is 6.04 Å². The highest BCUT2D eigenvalue weighted by atomic mass is 15.2. The second-order valence-corrected chi connectivity index (χ2v) is 3.92. The molecule has 2 nitrogen and oxygen atoms in total. The fourth-order valence-electron chi connectivity index (χ4n) is 2.30. The Hall–Kier alpha value is -0.0800. The van der Waals surface area contributed by atoms with Gasteiger partial charge < -0.3 is 4.90 Å². The fraction of sp³-hybridized carbons (Fsp3) is 1.00. The van der Waals surface area contributed by atoms with Crippen LogP contribution in [0.4, 0.5) is 0 Å². The summed E-state index contributed by atoms with van der Waals surface area (Å²) in [6.45, 7) is 5.25. The molecule has 0 N–H and O–H groups in total. The van der Waals surface area contributed by atoms with Crippen LogP contribution in [-0.4, -0.2) is 49.1 Å². The third kappa shape index (κ3) is 1.57. The van der Waals surface area contributed by atoms with Crippen molar-refractivity contribution in [3.63, 3.8) is 0 Å². The number of fused-ring (bicyclic) bond motifs is 1. The Bertz CT molecular complexity index is 122. The van der Waals surface area contributed by atoms with Crippen molar-refractivity contribution in [1.82, 2.24) is 9.80 Å². The zero-order valence-electron chi connectivity index (χ0n) is 7.42. The van der Waals surface area contributed by atoms with Crippen LogP contribution in [0.2, 0.25) is 0 Å². The number of hydrogen-bond acceptors (Lipinski definition) is 2. The minimum atomic E-state index is 0.931. The van der Waals surface area contributed by atoms with Crippen molar-refractivity contribution >= 4 is 0 Å². The van der Waals surface area contributed by atoms with Gasteiger partial charge in [0.1, 0.15) is 0 Å². The smallest absolute Gasteiger partial charge is 0.0112 e. The van der Waals surface area contributed by atoms with Gasteiger partial charge in [-0.2, -0.15) is 0 Å². The van der Waals surface area contributed by atoms with Crippen molar-refractivity contribution < 1.29 is 0 Å². The molecule has 2 fully saturated rings. The zero-order chi connectivity index (χ0) is 7.68. The topological polar surface area (TPSA) is 6.48 Å². The van der Waals surface area contributed by atoms with Gasteiger partial charge in [-0.15, -0.1) is 0 Å². The van der Waals surface area contributed by atoms with E-state index in [0.29, 0.717) is 0 Å². The first-order valence-electron chi connectivity index (χ1n) is 4.79. The van der Waals surface area contributed by atoms with Crippen LogP contribution in [0.5, 0.6) is 0 Å². The van der Waals surface area contributed by atoms with Crippen molar-refractivity contribution in [2.45, 2.75) is 25.3 Å². The molecule has 0 aromatic heterocycles. The first kappa shape index (κ1) is 7.56. The third-order valence-corrected chi connectivity index (χ3v) is 3.11. The Kier molecular flexibility index (Phi) is 2.14. The van der Waals surface area contributed by atoms with Crippen LogP contribution >= 0.6 is 0 Å². The molecule has 2 heteroatoms. The SMILES string of the molecule is CN1CCC2CCCN2CC1. The van der Waals surface area contributed by atoms with Gasteiger partial charge in [-0.25, -0.2) is 0 Å². The molecule has 0 bridgehead atoms. The molecular formula is C9H18N2. The summed E-state index contributed by atoms with van der Waals surface area (Å²) >= 11 is 0. The molecule has 1 unspecified atom stereocenters. The van der Waals surface area contributed by atoms with Crippen LogP contribution < -0.4 is 0 Å². The number of nitrogens with zero attached hydrogens (tertiary/aromatic N) is 2. The molecule has 2 aliphatic heterocycles. The molecule has 0 aromatic rings. The molecule has 0 spiro atoms. The highest BCUT2D eigenvalue weighted by molar-refractivity contribution is 4.82. The lowest BCUT2D eigenvalue weighted by molar-refractivity contribution is 0.262. The van der Waals surface area contributed by atoms with Gasteiger partial charge in [0.15, 0.2) is 0 Å². The Morgan fingerprint density at radius 1 is 1.00 bits per heavy atom. The highest BCUT2D eigenvalue weighted by Crippen LogP contribution is 2.21. The summed E-state index contributed by atoms with van der Waals surface area (Å²) in [5.41, 5.74) is 0. The predicted octanol–water partition coefficient (Wildman–Crippen LogP) is 0.786. The van der Waals surface area contributed by atoms with Crippen molar-refractivity contribution in [2.24, 2.45) is 0 Å². The van der Waals surface area contributed by atoms with Crippen LogP contribution in [0.15, 0.2) is 0 Å². The first-order chi connectivity index (χ1) is 5.36. The van der Waals surface area contributed by atoms with Gasteiger partial charge in [-0.05, 0) is 39.4 Å². The summed E-state index contributed by atoms with van der Waals surface area (Å²) in [4.78, 5) is 5.13. The quantitative estimate of drug-likeness (QED) is 0.509. The third-order valence-electron chi connectivity index (χ3n) is 3.11. The minimum Gasteiger partial charge on any atom is -0.305 e. The summed E-state index contributed by atoms with van der Waals surface area (Å²) < 4.78 is 0. The summed E-state index contributed by atoms with van der Waals surface area (Å²) in [6.07, 6.45) is 4.29. The lowest BCUT2D eigenvalue weighted by atomic mass is 10.1. The van der Waals surface area contributed by atoms with E-state index in [1.807, 2.05) is 0 Å². The molecule has 2 aliphatic rings. The van der Waals surface area contributed by atoms with Crippen molar-refractivity contribution in [1.29, 1.82) is 0 Å². The number of hydrogen-bond donors (Lipinski definition) is 0. The van der Waals surface area contributed by atoms with Crippen molar-refractivity contribution in [2.75, 3.05) is 33.2 Å². The molecule has 2 saturated heterocycles. The molecule has 0 aliphatic carbocycles. The van der Waals surface area contributed by atoms with Gasteiger partial charge in [-0.3, -0.25) is 4.90 Å². The summed E-state index contributed by atoms with van der Waals surface area (Å²) in [5.74, 6) is 0. The minimum absolute atomic E-state index is 0.931. The maximum atomic E-state index is 2.67. The largest absolute Gasteiger partial charge is 0.305 e. The first-order valence-corrected chi connectivity index (χ1v) is 4.79. The molecule has 0 radical (unpaired) electrons. The molecule has 0 saturated carbocycles.